The van der Waals surface area contributed by atoms with E-state index in [0.29, 0.717) is 46.8 Å². The number of sulfone groups is 1. The fourth-order valence-corrected chi connectivity index (χ4v) is 6.41. The second-order valence-corrected chi connectivity index (χ2v) is 12.9. The number of hydrogen-bond donors (Lipinski definition) is 1. The monoisotopic (exact) mass is 585 g/mol. The zero-order valence-corrected chi connectivity index (χ0v) is 23.6. The number of halogens is 1. The summed E-state index contributed by atoms with van der Waals surface area (Å²) in [5.41, 5.74) is 5.17. The molecule has 1 aliphatic rings. The molecule has 6 rings (SSSR count). The fourth-order valence-electron chi connectivity index (χ4n) is 5.08. The molecule has 42 heavy (non-hydrogen) atoms. The van der Waals surface area contributed by atoms with Gasteiger partial charge in [0.2, 0.25) is 5.88 Å². The summed E-state index contributed by atoms with van der Waals surface area (Å²) < 4.78 is 46.4. The number of rotatable bonds is 9. The molecule has 0 radical (unpaired) electrons. The van der Waals surface area contributed by atoms with Crippen LogP contribution in [-0.4, -0.2) is 45.0 Å². The number of ether oxygens (including phenoxy) is 1. The van der Waals surface area contributed by atoms with E-state index in [-0.39, 0.29) is 30.3 Å². The molecule has 0 aliphatic carbocycles. The van der Waals surface area contributed by atoms with Crippen molar-refractivity contribution in [2.45, 2.75) is 38.2 Å². The predicted molar refractivity (Wildman–Crippen MR) is 157 cm³/mol. The van der Waals surface area contributed by atoms with Gasteiger partial charge in [0.15, 0.2) is 9.84 Å². The molecule has 1 N–H and O–H groups in total. The van der Waals surface area contributed by atoms with E-state index >= 15 is 0 Å². The van der Waals surface area contributed by atoms with Crippen LogP contribution in [0.15, 0.2) is 78.9 Å². The molecular formula is C32H28FN3O5S. The largest absolute Gasteiger partial charge is 0.478 e. The lowest BCUT2D eigenvalue weighted by Crippen LogP contribution is -2.40. The van der Waals surface area contributed by atoms with Gasteiger partial charge in [-0.1, -0.05) is 42.5 Å². The number of carboxylic acids is 1. The van der Waals surface area contributed by atoms with Crippen LogP contribution in [0.1, 0.15) is 39.3 Å². The minimum absolute atomic E-state index is 0.0681. The van der Waals surface area contributed by atoms with Crippen LogP contribution in [0.25, 0.3) is 22.3 Å². The topological polar surface area (TPSA) is 111 Å². The molecule has 0 spiro atoms. The number of nitrogens with zero attached hydrogens (tertiary/aromatic N) is 3. The molecule has 3 heterocycles. The molecule has 8 nitrogen and oxygen atoms in total. The van der Waals surface area contributed by atoms with Gasteiger partial charge in [-0.3, -0.25) is 0 Å². The second kappa shape index (κ2) is 11.0. The maximum absolute atomic E-state index is 14.2. The number of aryl methyl sites for hydroxylation is 1. The smallest absolute Gasteiger partial charge is 0.335 e. The van der Waals surface area contributed by atoms with Gasteiger partial charge < -0.3 is 14.4 Å². The highest BCUT2D eigenvalue weighted by Gasteiger charge is 2.36. The summed E-state index contributed by atoms with van der Waals surface area (Å²) in [7, 11) is -3.15. The molecule has 10 heteroatoms. The Labute approximate surface area is 242 Å². The molecule has 0 bridgehead atoms. The third-order valence-electron chi connectivity index (χ3n) is 7.61. The molecular weight excluding hydrogens is 557 g/mol. The Morgan fingerprint density at radius 2 is 1.86 bits per heavy atom. The number of fused-ring (bicyclic) bond motifs is 1. The number of aromatic carboxylic acids is 1. The van der Waals surface area contributed by atoms with Gasteiger partial charge in [-0.2, -0.15) is 0 Å². The first-order valence-electron chi connectivity index (χ1n) is 13.5. The highest BCUT2D eigenvalue weighted by molar-refractivity contribution is 7.93. The van der Waals surface area contributed by atoms with Crippen LogP contribution in [0.2, 0.25) is 0 Å². The summed E-state index contributed by atoms with van der Waals surface area (Å²) in [5.74, 6) is -0.142. The van der Waals surface area contributed by atoms with Gasteiger partial charge >= 0.3 is 5.97 Å². The normalized spacial score (nSPS) is 15.8. The van der Waals surface area contributed by atoms with Gasteiger partial charge in [-0.05, 0) is 54.8 Å². The molecule has 0 saturated carbocycles. The predicted octanol–water partition coefficient (Wildman–Crippen LogP) is 5.60. The quantitative estimate of drug-likeness (QED) is 0.240. The average Bonchev–Trinajstić information content (AvgIpc) is 3.31. The fraction of sp³-hybridized carbons (Fsp3) is 0.219. The standard InChI is InChI=1S/C32H28FN3O5S/c1-20-5-8-24(26(33)15-20)19-41-31-4-2-3-27(35-31)22-9-6-21(7-10-22)16-30-34-28-12-11-23(32(37)38)17-29(28)36(30)18-25-13-14-42(25,39)40/h2-12,15,17,25H,13-14,16,18-19H2,1H3,(H,37,38). The number of carboxylic acid groups (broad SMARTS) is 1. The lowest BCUT2D eigenvalue weighted by molar-refractivity contribution is 0.0697. The van der Waals surface area contributed by atoms with Crippen LogP contribution in [-0.2, 0) is 29.4 Å². The summed E-state index contributed by atoms with van der Waals surface area (Å²) in [4.78, 5) is 20.9. The van der Waals surface area contributed by atoms with Crippen LogP contribution < -0.4 is 4.74 Å². The van der Waals surface area contributed by atoms with Crippen LogP contribution in [0, 0.1) is 12.7 Å². The first kappa shape index (κ1) is 27.6. The van der Waals surface area contributed by atoms with Crippen LogP contribution in [0.3, 0.4) is 0 Å². The zero-order chi connectivity index (χ0) is 29.4. The Bertz CT molecular complexity index is 1920. The number of hydrogen-bond acceptors (Lipinski definition) is 6. The Morgan fingerprint density at radius 1 is 1.05 bits per heavy atom. The van der Waals surface area contributed by atoms with E-state index in [1.807, 2.05) is 54.0 Å². The molecule has 1 fully saturated rings. The van der Waals surface area contributed by atoms with Crippen molar-refractivity contribution < 1.29 is 27.4 Å². The van der Waals surface area contributed by atoms with Crippen LogP contribution >= 0.6 is 0 Å². The molecule has 1 saturated heterocycles. The van der Waals surface area contributed by atoms with Gasteiger partial charge in [0.05, 0.1) is 33.3 Å². The number of benzene rings is 3. The first-order valence-corrected chi connectivity index (χ1v) is 15.3. The second-order valence-electron chi connectivity index (χ2n) is 10.5. The third-order valence-corrected chi connectivity index (χ3v) is 9.82. The Morgan fingerprint density at radius 3 is 2.55 bits per heavy atom. The summed E-state index contributed by atoms with van der Waals surface area (Å²) in [6.45, 7) is 2.14. The lowest BCUT2D eigenvalue weighted by atomic mass is 10.1. The molecule has 0 amide bonds. The number of aromatic nitrogens is 3. The van der Waals surface area contributed by atoms with E-state index in [1.165, 1.54) is 12.1 Å². The van der Waals surface area contributed by atoms with E-state index in [2.05, 4.69) is 4.98 Å². The summed E-state index contributed by atoms with van der Waals surface area (Å²) >= 11 is 0. The SMILES string of the molecule is Cc1ccc(COc2cccc(-c3ccc(Cc4nc5ccc(C(=O)O)cc5n4CC4CCS4(=O)=O)cc3)n2)c(F)c1. The molecule has 1 atom stereocenters. The van der Waals surface area contributed by atoms with Crippen molar-refractivity contribution in [1.82, 2.24) is 14.5 Å². The molecule has 1 unspecified atom stereocenters. The van der Waals surface area contributed by atoms with Gasteiger partial charge in [0.1, 0.15) is 18.2 Å². The Kier molecular flexibility index (Phi) is 7.24. The highest BCUT2D eigenvalue weighted by Crippen LogP contribution is 2.28. The van der Waals surface area contributed by atoms with Crippen molar-refractivity contribution in [3.8, 4) is 17.1 Å². The highest BCUT2D eigenvalue weighted by atomic mass is 32.2. The van der Waals surface area contributed by atoms with Crippen molar-refractivity contribution in [2.24, 2.45) is 0 Å². The van der Waals surface area contributed by atoms with Gasteiger partial charge in [0.25, 0.3) is 0 Å². The zero-order valence-electron chi connectivity index (χ0n) is 22.8. The third kappa shape index (κ3) is 5.62. The van der Waals surface area contributed by atoms with Gasteiger partial charge in [0, 0.05) is 30.2 Å². The number of carbonyl (C=O) groups is 1. The molecule has 3 aromatic carbocycles. The lowest BCUT2D eigenvalue weighted by Gasteiger charge is -2.27. The minimum Gasteiger partial charge on any atom is -0.478 e. The Balaban J connectivity index is 1.22. The molecule has 214 valence electrons. The van der Waals surface area contributed by atoms with Crippen molar-refractivity contribution >= 4 is 26.8 Å². The average molecular weight is 586 g/mol. The maximum atomic E-state index is 14.2. The van der Waals surface area contributed by atoms with Gasteiger partial charge in [-0.25, -0.2) is 27.6 Å². The number of imidazole rings is 1. The molecule has 2 aromatic heterocycles. The van der Waals surface area contributed by atoms with Crippen molar-refractivity contribution in [1.29, 1.82) is 0 Å². The summed E-state index contributed by atoms with van der Waals surface area (Å²) in [6, 6.07) is 22.9. The molecule has 5 aromatic rings. The van der Waals surface area contributed by atoms with E-state index < -0.39 is 21.1 Å². The van der Waals surface area contributed by atoms with Gasteiger partial charge in [-0.15, -0.1) is 0 Å². The minimum atomic E-state index is -3.15. The summed E-state index contributed by atoms with van der Waals surface area (Å²) in [5, 5.41) is 8.98. The van der Waals surface area contributed by atoms with Crippen LogP contribution in [0.4, 0.5) is 4.39 Å². The van der Waals surface area contributed by atoms with Crippen LogP contribution in [0.5, 0.6) is 5.88 Å². The van der Waals surface area contributed by atoms with E-state index in [9.17, 15) is 22.7 Å². The van der Waals surface area contributed by atoms with Crippen molar-refractivity contribution in [3.63, 3.8) is 0 Å². The first-order chi connectivity index (χ1) is 20.2. The maximum Gasteiger partial charge on any atom is 0.335 e. The Hall–Kier alpha value is -4.57. The molecule has 1 aliphatic heterocycles. The van der Waals surface area contributed by atoms with E-state index in [4.69, 9.17) is 9.72 Å². The van der Waals surface area contributed by atoms with E-state index in [1.54, 1.807) is 24.3 Å². The van der Waals surface area contributed by atoms with Crippen molar-refractivity contribution in [3.05, 3.63) is 113 Å². The van der Waals surface area contributed by atoms with E-state index in [0.717, 1.165) is 16.7 Å². The number of pyridine rings is 1. The van der Waals surface area contributed by atoms with Crippen molar-refractivity contribution in [2.75, 3.05) is 5.75 Å². The summed E-state index contributed by atoms with van der Waals surface area (Å²) in [6.07, 6.45) is 1.01.